The highest BCUT2D eigenvalue weighted by Gasteiger charge is 2.08. The summed E-state index contributed by atoms with van der Waals surface area (Å²) >= 11 is 1.65. The predicted molar refractivity (Wildman–Crippen MR) is 65.4 cm³/mol. The Morgan fingerprint density at radius 1 is 1.44 bits per heavy atom. The molecule has 0 amide bonds. The zero-order valence-corrected chi connectivity index (χ0v) is 10.3. The normalized spacial score (nSPS) is 10.6. The van der Waals surface area contributed by atoms with Crippen molar-refractivity contribution in [2.45, 2.75) is 20.0 Å². The summed E-state index contributed by atoms with van der Waals surface area (Å²) in [5, 5.41) is 3.09. The number of ether oxygens (including phenoxy) is 1. The molecule has 0 saturated heterocycles. The lowest BCUT2D eigenvalue weighted by atomic mass is 10.1. The number of aromatic nitrogens is 2. The Balaban J connectivity index is 2.34. The van der Waals surface area contributed by atoms with Crippen LogP contribution in [0.2, 0.25) is 0 Å². The molecule has 0 aromatic carbocycles. The monoisotopic (exact) mass is 234 g/mol. The van der Waals surface area contributed by atoms with E-state index in [9.17, 15) is 0 Å². The maximum absolute atomic E-state index is 5.07. The van der Waals surface area contributed by atoms with Crippen molar-refractivity contribution in [3.63, 3.8) is 0 Å². The van der Waals surface area contributed by atoms with E-state index in [0.717, 1.165) is 17.1 Å². The molecule has 3 nitrogen and oxygen atoms in total. The third-order valence-electron chi connectivity index (χ3n) is 2.36. The summed E-state index contributed by atoms with van der Waals surface area (Å²) in [4.78, 5) is 8.68. The molecule has 84 valence electrons. The lowest BCUT2D eigenvalue weighted by Crippen LogP contribution is -1.90. The zero-order valence-electron chi connectivity index (χ0n) is 9.43. The molecule has 0 bridgehead atoms. The standard InChI is InChI=1S/C12H14N2OS/c1-3-9-6-13-5-4-11(9)12-14-10(7-15-2)8-16-12/h4-6,8H,3,7H2,1-2H3. The van der Waals surface area contributed by atoms with Crippen LogP contribution in [0.3, 0.4) is 0 Å². The molecule has 2 heterocycles. The van der Waals surface area contributed by atoms with Crippen molar-refractivity contribution in [1.29, 1.82) is 0 Å². The molecule has 0 aliphatic rings. The topological polar surface area (TPSA) is 35.0 Å². The number of aryl methyl sites for hydroxylation is 1. The molecule has 2 aromatic rings. The maximum Gasteiger partial charge on any atom is 0.124 e. The molecule has 0 radical (unpaired) electrons. The minimum Gasteiger partial charge on any atom is -0.378 e. The molecule has 0 aliphatic carbocycles. The van der Waals surface area contributed by atoms with Gasteiger partial charge in [0.05, 0.1) is 12.3 Å². The average molecular weight is 234 g/mol. The van der Waals surface area contributed by atoms with Crippen LogP contribution in [0.25, 0.3) is 10.6 Å². The first kappa shape index (κ1) is 11.2. The predicted octanol–water partition coefficient (Wildman–Crippen LogP) is 2.91. The SMILES string of the molecule is CCc1cnccc1-c1nc(COC)cs1. The van der Waals surface area contributed by atoms with Gasteiger partial charge in [0, 0.05) is 30.4 Å². The summed E-state index contributed by atoms with van der Waals surface area (Å²) < 4.78 is 5.07. The number of thiazole rings is 1. The molecule has 0 spiro atoms. The molecule has 0 aliphatic heterocycles. The van der Waals surface area contributed by atoms with E-state index in [1.165, 1.54) is 11.1 Å². The lowest BCUT2D eigenvalue weighted by molar-refractivity contribution is 0.182. The molecular weight excluding hydrogens is 220 g/mol. The smallest absolute Gasteiger partial charge is 0.124 e. The molecule has 0 saturated carbocycles. The van der Waals surface area contributed by atoms with Gasteiger partial charge in [0.2, 0.25) is 0 Å². The van der Waals surface area contributed by atoms with Gasteiger partial charge < -0.3 is 4.74 Å². The highest BCUT2D eigenvalue weighted by Crippen LogP contribution is 2.26. The van der Waals surface area contributed by atoms with Crippen LogP contribution in [0, 0.1) is 0 Å². The minimum absolute atomic E-state index is 0.572. The van der Waals surface area contributed by atoms with Crippen molar-refractivity contribution in [3.05, 3.63) is 35.1 Å². The summed E-state index contributed by atoms with van der Waals surface area (Å²) in [5.74, 6) is 0. The number of rotatable bonds is 4. The first-order valence-corrected chi connectivity index (χ1v) is 6.09. The number of methoxy groups -OCH3 is 1. The number of pyridine rings is 1. The van der Waals surface area contributed by atoms with Gasteiger partial charge in [0.15, 0.2) is 0 Å². The van der Waals surface area contributed by atoms with Crippen molar-refractivity contribution in [3.8, 4) is 10.6 Å². The van der Waals surface area contributed by atoms with Crippen LogP contribution in [0.1, 0.15) is 18.2 Å². The van der Waals surface area contributed by atoms with Gasteiger partial charge in [-0.1, -0.05) is 6.92 Å². The summed E-state index contributed by atoms with van der Waals surface area (Å²) in [6, 6.07) is 2.02. The van der Waals surface area contributed by atoms with Crippen molar-refractivity contribution in [2.24, 2.45) is 0 Å². The zero-order chi connectivity index (χ0) is 11.4. The molecule has 16 heavy (non-hydrogen) atoms. The van der Waals surface area contributed by atoms with E-state index >= 15 is 0 Å². The van der Waals surface area contributed by atoms with Gasteiger partial charge in [0.1, 0.15) is 5.01 Å². The van der Waals surface area contributed by atoms with E-state index in [1.807, 2.05) is 23.8 Å². The fourth-order valence-electron chi connectivity index (χ4n) is 1.56. The fraction of sp³-hybridized carbons (Fsp3) is 0.333. The van der Waals surface area contributed by atoms with Gasteiger partial charge in [-0.2, -0.15) is 0 Å². The first-order chi connectivity index (χ1) is 7.85. The third-order valence-corrected chi connectivity index (χ3v) is 3.28. The van der Waals surface area contributed by atoms with Crippen LogP contribution in [-0.2, 0) is 17.8 Å². The molecule has 0 unspecified atom stereocenters. The Morgan fingerprint density at radius 3 is 3.06 bits per heavy atom. The summed E-state index contributed by atoms with van der Waals surface area (Å²) in [7, 11) is 1.68. The molecule has 0 N–H and O–H groups in total. The van der Waals surface area contributed by atoms with E-state index in [0.29, 0.717) is 6.61 Å². The van der Waals surface area contributed by atoms with Gasteiger partial charge in [0.25, 0.3) is 0 Å². The highest BCUT2D eigenvalue weighted by molar-refractivity contribution is 7.13. The summed E-state index contributed by atoms with van der Waals surface area (Å²) in [6.45, 7) is 2.70. The highest BCUT2D eigenvalue weighted by atomic mass is 32.1. The fourth-order valence-corrected chi connectivity index (χ4v) is 2.43. The van der Waals surface area contributed by atoms with E-state index < -0.39 is 0 Å². The Labute approximate surface area is 99.1 Å². The van der Waals surface area contributed by atoms with Crippen LogP contribution in [0.5, 0.6) is 0 Å². The molecule has 2 rings (SSSR count). The second kappa shape index (κ2) is 5.18. The Bertz CT molecular complexity index is 468. The third kappa shape index (κ3) is 2.28. The first-order valence-electron chi connectivity index (χ1n) is 5.21. The number of nitrogens with zero attached hydrogens (tertiary/aromatic N) is 2. The summed E-state index contributed by atoms with van der Waals surface area (Å²) in [5.41, 5.74) is 3.41. The van der Waals surface area contributed by atoms with E-state index in [-0.39, 0.29) is 0 Å². The van der Waals surface area contributed by atoms with Crippen molar-refractivity contribution >= 4 is 11.3 Å². The quantitative estimate of drug-likeness (QED) is 0.816. The maximum atomic E-state index is 5.07. The second-order valence-corrected chi connectivity index (χ2v) is 4.32. The molecular formula is C12H14N2OS. The molecule has 4 heteroatoms. The minimum atomic E-state index is 0.572. The van der Waals surface area contributed by atoms with Gasteiger partial charge in [-0.05, 0) is 18.1 Å². The van der Waals surface area contributed by atoms with E-state index in [2.05, 4.69) is 16.9 Å². The number of hydrogen-bond donors (Lipinski definition) is 0. The number of hydrogen-bond acceptors (Lipinski definition) is 4. The van der Waals surface area contributed by atoms with Crippen LogP contribution >= 0.6 is 11.3 Å². The van der Waals surface area contributed by atoms with Crippen LogP contribution in [-0.4, -0.2) is 17.1 Å². The van der Waals surface area contributed by atoms with Crippen LogP contribution in [0.15, 0.2) is 23.8 Å². The Kier molecular flexibility index (Phi) is 3.64. The summed E-state index contributed by atoms with van der Waals surface area (Å²) in [6.07, 6.45) is 4.70. The van der Waals surface area contributed by atoms with Gasteiger partial charge >= 0.3 is 0 Å². The van der Waals surface area contributed by atoms with Crippen molar-refractivity contribution in [1.82, 2.24) is 9.97 Å². The average Bonchev–Trinajstić information content (AvgIpc) is 2.78. The van der Waals surface area contributed by atoms with Gasteiger partial charge in [-0.15, -0.1) is 11.3 Å². The van der Waals surface area contributed by atoms with Crippen LogP contribution < -0.4 is 0 Å². The largest absolute Gasteiger partial charge is 0.378 e. The van der Waals surface area contributed by atoms with Crippen LogP contribution in [0.4, 0.5) is 0 Å². The van der Waals surface area contributed by atoms with Gasteiger partial charge in [-0.3, -0.25) is 4.98 Å². The molecule has 0 fully saturated rings. The van der Waals surface area contributed by atoms with E-state index in [4.69, 9.17) is 4.74 Å². The van der Waals surface area contributed by atoms with Crippen molar-refractivity contribution < 1.29 is 4.74 Å². The Hall–Kier alpha value is -1.26. The lowest BCUT2D eigenvalue weighted by Gasteiger charge is -2.02. The molecule has 0 atom stereocenters. The van der Waals surface area contributed by atoms with E-state index in [1.54, 1.807) is 18.4 Å². The second-order valence-electron chi connectivity index (χ2n) is 3.46. The van der Waals surface area contributed by atoms with Crippen molar-refractivity contribution in [2.75, 3.05) is 7.11 Å². The Morgan fingerprint density at radius 2 is 2.31 bits per heavy atom. The molecule has 2 aromatic heterocycles. The van der Waals surface area contributed by atoms with Gasteiger partial charge in [-0.25, -0.2) is 4.98 Å².